The van der Waals surface area contributed by atoms with Crippen LogP contribution in [0.1, 0.15) is 10.4 Å². The third-order valence-corrected chi connectivity index (χ3v) is 3.06. The maximum atomic E-state index is 8.43. The average Bonchev–Trinajstić information content (AvgIpc) is 2.74. The maximum Gasteiger partial charge on any atom is 0.183 e. The van der Waals surface area contributed by atoms with Crippen molar-refractivity contribution in [3.8, 4) is 5.75 Å². The summed E-state index contributed by atoms with van der Waals surface area (Å²) in [6, 6.07) is 7.25. The van der Waals surface area contributed by atoms with Gasteiger partial charge in [0, 0.05) is 6.20 Å². The Morgan fingerprint density at radius 3 is 3.12 bits per heavy atom. The second-order valence-corrected chi connectivity index (χ2v) is 4.88. The van der Waals surface area contributed by atoms with E-state index in [9.17, 15) is 0 Å². The van der Waals surface area contributed by atoms with Gasteiger partial charge in [0.2, 0.25) is 0 Å². The van der Waals surface area contributed by atoms with Crippen molar-refractivity contribution < 1.29 is 9.94 Å². The number of nitrogens with zero attached hydrogens (tertiary/aromatic N) is 2. The fourth-order valence-electron chi connectivity index (χ4n) is 1.26. The van der Waals surface area contributed by atoms with E-state index in [-0.39, 0.29) is 0 Å². The molecule has 2 aromatic rings. The molecule has 0 radical (unpaired) electrons. The van der Waals surface area contributed by atoms with E-state index in [1.807, 2.05) is 18.2 Å². The van der Waals surface area contributed by atoms with Crippen LogP contribution in [0.2, 0.25) is 4.47 Å². The normalized spacial score (nSPS) is 10.9. The lowest BCUT2D eigenvalue weighted by atomic mass is 10.2. The summed E-state index contributed by atoms with van der Waals surface area (Å²) in [5, 5.41) is 11.4. The van der Waals surface area contributed by atoms with E-state index in [4.69, 9.17) is 21.5 Å². The zero-order chi connectivity index (χ0) is 12.1. The van der Waals surface area contributed by atoms with Gasteiger partial charge >= 0.3 is 0 Å². The Hall–Kier alpha value is -1.59. The molecule has 0 atom stereocenters. The minimum Gasteiger partial charge on any atom is -0.488 e. The first-order valence-corrected chi connectivity index (χ1v) is 5.98. The molecule has 1 N–H and O–H groups in total. The van der Waals surface area contributed by atoms with Gasteiger partial charge in [-0.25, -0.2) is 4.98 Å². The van der Waals surface area contributed by atoms with Crippen LogP contribution < -0.4 is 4.74 Å². The molecule has 2 rings (SSSR count). The number of rotatable bonds is 4. The number of thiazole rings is 1. The highest BCUT2D eigenvalue weighted by atomic mass is 35.5. The number of oxime groups is 1. The molecule has 4 nitrogen and oxygen atoms in total. The molecule has 6 heteroatoms. The highest BCUT2D eigenvalue weighted by Crippen LogP contribution is 2.20. The Bertz CT molecular complexity index is 528. The van der Waals surface area contributed by atoms with Crippen molar-refractivity contribution in [2.45, 2.75) is 6.61 Å². The average molecular weight is 269 g/mol. The molecule has 0 aliphatic carbocycles. The summed E-state index contributed by atoms with van der Waals surface area (Å²) < 4.78 is 6.07. The van der Waals surface area contributed by atoms with Gasteiger partial charge in [-0.3, -0.25) is 0 Å². The Balaban J connectivity index is 2.01. The monoisotopic (exact) mass is 268 g/mol. The number of hydrogen-bond acceptors (Lipinski definition) is 5. The van der Waals surface area contributed by atoms with Crippen LogP contribution in [0.15, 0.2) is 35.6 Å². The third-order valence-electron chi connectivity index (χ3n) is 1.97. The topological polar surface area (TPSA) is 54.7 Å². The minimum absolute atomic E-state index is 0.421. The molecule has 0 saturated heterocycles. The molecule has 88 valence electrons. The lowest BCUT2D eigenvalue weighted by Crippen LogP contribution is -1.93. The molecule has 0 unspecified atom stereocenters. The van der Waals surface area contributed by atoms with Crippen LogP contribution in [0.25, 0.3) is 0 Å². The van der Waals surface area contributed by atoms with E-state index in [1.54, 1.807) is 12.3 Å². The number of aromatic nitrogens is 1. The van der Waals surface area contributed by atoms with Crippen LogP contribution in [0.3, 0.4) is 0 Å². The minimum atomic E-state index is 0.421. The molecule has 1 heterocycles. The number of ether oxygens (including phenoxy) is 1. The first kappa shape index (κ1) is 11.9. The summed E-state index contributed by atoms with van der Waals surface area (Å²) in [5.41, 5.74) is 0.771. The van der Waals surface area contributed by atoms with Gasteiger partial charge in [-0.1, -0.05) is 28.9 Å². The summed E-state index contributed by atoms with van der Waals surface area (Å²) in [6.45, 7) is 0.421. The molecule has 0 amide bonds. The van der Waals surface area contributed by atoms with Crippen molar-refractivity contribution in [1.29, 1.82) is 0 Å². The molecule has 0 saturated carbocycles. The van der Waals surface area contributed by atoms with Crippen LogP contribution in [-0.4, -0.2) is 16.4 Å². The van der Waals surface area contributed by atoms with Gasteiger partial charge < -0.3 is 9.94 Å². The van der Waals surface area contributed by atoms with Crippen LogP contribution in [0.4, 0.5) is 0 Å². The molecule has 1 aromatic heterocycles. The van der Waals surface area contributed by atoms with E-state index >= 15 is 0 Å². The molecule has 0 bridgehead atoms. The van der Waals surface area contributed by atoms with Crippen molar-refractivity contribution in [2.75, 3.05) is 0 Å². The van der Waals surface area contributed by atoms with Gasteiger partial charge in [0.15, 0.2) is 4.47 Å². The fraction of sp³-hybridized carbons (Fsp3) is 0.0909. The lowest BCUT2D eigenvalue weighted by molar-refractivity contribution is 0.309. The van der Waals surface area contributed by atoms with E-state index in [0.29, 0.717) is 16.8 Å². The third kappa shape index (κ3) is 3.44. The zero-order valence-corrected chi connectivity index (χ0v) is 10.3. The highest BCUT2D eigenvalue weighted by molar-refractivity contribution is 7.15. The van der Waals surface area contributed by atoms with E-state index in [2.05, 4.69) is 10.1 Å². The summed E-state index contributed by atoms with van der Waals surface area (Å²) in [4.78, 5) is 4.88. The molecule has 0 aliphatic heterocycles. The Kier molecular flexibility index (Phi) is 3.95. The van der Waals surface area contributed by atoms with E-state index in [1.165, 1.54) is 17.6 Å². The van der Waals surface area contributed by atoms with Gasteiger partial charge in [-0.05, 0) is 17.7 Å². The van der Waals surface area contributed by atoms with Crippen LogP contribution in [-0.2, 0) is 6.61 Å². The molecule has 0 aliphatic rings. The molecule has 0 fully saturated rings. The Morgan fingerprint density at radius 2 is 2.41 bits per heavy atom. The molecule has 1 aromatic carbocycles. The van der Waals surface area contributed by atoms with Crippen LogP contribution in [0.5, 0.6) is 5.75 Å². The summed E-state index contributed by atoms with van der Waals surface area (Å²) in [5.74, 6) is 0.701. The van der Waals surface area contributed by atoms with Crippen molar-refractivity contribution >= 4 is 29.2 Å². The smallest absolute Gasteiger partial charge is 0.183 e. The molecule has 0 spiro atoms. The van der Waals surface area contributed by atoms with E-state index in [0.717, 1.165) is 10.4 Å². The predicted molar refractivity (Wildman–Crippen MR) is 67.3 cm³/mol. The molecule has 17 heavy (non-hydrogen) atoms. The SMILES string of the molecule is O/N=C\c1cccc(OCc2cnc(Cl)s2)c1. The first-order valence-electron chi connectivity index (χ1n) is 4.78. The van der Waals surface area contributed by atoms with Gasteiger partial charge in [0.1, 0.15) is 12.4 Å². The van der Waals surface area contributed by atoms with Crippen molar-refractivity contribution in [3.63, 3.8) is 0 Å². The lowest BCUT2D eigenvalue weighted by Gasteiger charge is -2.04. The largest absolute Gasteiger partial charge is 0.488 e. The second-order valence-electron chi connectivity index (χ2n) is 3.19. The van der Waals surface area contributed by atoms with E-state index < -0.39 is 0 Å². The summed E-state index contributed by atoms with van der Waals surface area (Å²) >= 11 is 7.10. The van der Waals surface area contributed by atoms with Crippen molar-refractivity contribution in [1.82, 2.24) is 4.98 Å². The Labute approximate surface area is 107 Å². The number of halogens is 1. The molecular formula is C11H9ClN2O2S. The predicted octanol–water partition coefficient (Wildman–Crippen LogP) is 3.18. The van der Waals surface area contributed by atoms with Crippen molar-refractivity contribution in [3.05, 3.63) is 45.4 Å². The first-order chi connectivity index (χ1) is 8.28. The molecular weight excluding hydrogens is 260 g/mol. The van der Waals surface area contributed by atoms with Gasteiger partial charge in [0.25, 0.3) is 0 Å². The fourth-order valence-corrected chi connectivity index (χ4v) is 2.15. The summed E-state index contributed by atoms with van der Waals surface area (Å²) in [7, 11) is 0. The van der Waals surface area contributed by atoms with Gasteiger partial charge in [-0.15, -0.1) is 11.3 Å². The quantitative estimate of drug-likeness (QED) is 0.526. The zero-order valence-electron chi connectivity index (χ0n) is 8.71. The van der Waals surface area contributed by atoms with Crippen molar-refractivity contribution in [2.24, 2.45) is 5.16 Å². The number of hydrogen-bond donors (Lipinski definition) is 1. The second kappa shape index (κ2) is 5.65. The van der Waals surface area contributed by atoms with Crippen LogP contribution >= 0.6 is 22.9 Å². The standard InChI is InChI=1S/C11H9ClN2O2S/c12-11-13-6-10(17-11)7-16-9-3-1-2-8(4-9)5-14-15/h1-6,15H,7H2/b14-5-. The van der Waals surface area contributed by atoms with Gasteiger partial charge in [0.05, 0.1) is 11.1 Å². The number of benzene rings is 1. The van der Waals surface area contributed by atoms with Crippen LogP contribution in [0, 0.1) is 0 Å². The highest BCUT2D eigenvalue weighted by Gasteiger charge is 2.01. The maximum absolute atomic E-state index is 8.43. The Morgan fingerprint density at radius 1 is 1.53 bits per heavy atom. The summed E-state index contributed by atoms with van der Waals surface area (Å²) in [6.07, 6.45) is 3.03. The van der Waals surface area contributed by atoms with Gasteiger partial charge in [-0.2, -0.15) is 0 Å².